The highest BCUT2D eigenvalue weighted by molar-refractivity contribution is 9.10. The van der Waals surface area contributed by atoms with Gasteiger partial charge in [-0.2, -0.15) is 0 Å². The first-order valence-electron chi connectivity index (χ1n) is 6.13. The summed E-state index contributed by atoms with van der Waals surface area (Å²) in [6, 6.07) is 2.22. The van der Waals surface area contributed by atoms with Crippen molar-refractivity contribution in [2.24, 2.45) is 11.1 Å². The fourth-order valence-electron chi connectivity index (χ4n) is 2.03. The molecule has 1 aliphatic rings. The first-order valence-corrected chi connectivity index (χ1v) is 7.80. The van der Waals surface area contributed by atoms with Crippen molar-refractivity contribution < 1.29 is 0 Å². The van der Waals surface area contributed by atoms with Crippen molar-refractivity contribution in [2.45, 2.75) is 32.1 Å². The molecule has 0 saturated heterocycles. The van der Waals surface area contributed by atoms with E-state index in [0.29, 0.717) is 5.41 Å². The first-order chi connectivity index (χ1) is 7.97. The Kier molecular flexibility index (Phi) is 3.98. The van der Waals surface area contributed by atoms with E-state index < -0.39 is 0 Å². The second-order valence-corrected chi connectivity index (χ2v) is 7.65. The minimum Gasteiger partial charge on any atom is -0.330 e. The summed E-state index contributed by atoms with van der Waals surface area (Å²) in [6.45, 7) is 7.49. The molecule has 0 atom stereocenters. The van der Waals surface area contributed by atoms with Gasteiger partial charge in [-0.25, -0.2) is 0 Å². The summed E-state index contributed by atoms with van der Waals surface area (Å²) in [5, 5.41) is 5.75. The molecule has 0 aliphatic heterocycles. The van der Waals surface area contributed by atoms with Crippen LogP contribution in [0, 0.1) is 5.41 Å². The molecule has 96 valence electrons. The topological polar surface area (TPSA) is 38.0 Å². The monoisotopic (exact) mass is 316 g/mol. The Hall–Kier alpha value is 0.1000. The molecule has 0 radical (unpaired) electrons. The van der Waals surface area contributed by atoms with Crippen molar-refractivity contribution in [3.63, 3.8) is 0 Å². The van der Waals surface area contributed by atoms with Crippen molar-refractivity contribution >= 4 is 27.3 Å². The summed E-state index contributed by atoms with van der Waals surface area (Å²) >= 11 is 5.34. The largest absolute Gasteiger partial charge is 0.330 e. The van der Waals surface area contributed by atoms with Gasteiger partial charge in [0.2, 0.25) is 0 Å². The van der Waals surface area contributed by atoms with Crippen LogP contribution >= 0.6 is 27.3 Å². The highest BCUT2D eigenvalue weighted by Crippen LogP contribution is 2.43. The molecule has 0 amide bonds. The quantitative estimate of drug-likeness (QED) is 0.846. The van der Waals surface area contributed by atoms with Gasteiger partial charge in [-0.05, 0) is 46.8 Å². The third-order valence-corrected chi connectivity index (χ3v) is 5.75. The minimum absolute atomic E-state index is 0.196. The lowest BCUT2D eigenvalue weighted by Crippen LogP contribution is -2.37. The van der Waals surface area contributed by atoms with Gasteiger partial charge in [0.25, 0.3) is 0 Å². The summed E-state index contributed by atoms with van der Waals surface area (Å²) in [4.78, 5) is 1.43. The summed E-state index contributed by atoms with van der Waals surface area (Å²) in [6.07, 6.45) is 2.59. The van der Waals surface area contributed by atoms with Crippen LogP contribution in [-0.2, 0) is 5.41 Å². The van der Waals surface area contributed by atoms with Gasteiger partial charge in [0.05, 0.1) is 0 Å². The van der Waals surface area contributed by atoms with Crippen LogP contribution < -0.4 is 11.1 Å². The van der Waals surface area contributed by atoms with E-state index in [2.05, 4.69) is 46.5 Å². The Morgan fingerprint density at radius 3 is 2.71 bits per heavy atom. The highest BCUT2D eigenvalue weighted by atomic mass is 79.9. The van der Waals surface area contributed by atoms with Crippen molar-refractivity contribution in [1.82, 2.24) is 5.32 Å². The van der Waals surface area contributed by atoms with Crippen LogP contribution in [-0.4, -0.2) is 19.6 Å². The van der Waals surface area contributed by atoms with Crippen molar-refractivity contribution in [3.8, 4) is 0 Å². The Morgan fingerprint density at radius 1 is 1.53 bits per heavy atom. The molecule has 0 spiro atoms. The van der Waals surface area contributed by atoms with Crippen molar-refractivity contribution in [2.75, 3.05) is 19.6 Å². The Bertz CT molecular complexity index is 383. The second kappa shape index (κ2) is 5.00. The third kappa shape index (κ3) is 3.31. The van der Waals surface area contributed by atoms with E-state index in [9.17, 15) is 0 Å². The molecule has 0 bridgehead atoms. The van der Waals surface area contributed by atoms with Crippen molar-refractivity contribution in [3.05, 3.63) is 20.8 Å². The maximum absolute atomic E-state index is 5.79. The molecule has 17 heavy (non-hydrogen) atoms. The van der Waals surface area contributed by atoms with Crippen LogP contribution in [0.25, 0.3) is 0 Å². The van der Waals surface area contributed by atoms with Gasteiger partial charge < -0.3 is 11.1 Å². The van der Waals surface area contributed by atoms with E-state index in [1.807, 2.05) is 11.3 Å². The van der Waals surface area contributed by atoms with Crippen LogP contribution in [0.2, 0.25) is 0 Å². The van der Waals surface area contributed by atoms with Crippen LogP contribution in [0.5, 0.6) is 0 Å². The lowest BCUT2D eigenvalue weighted by molar-refractivity contribution is 0.413. The van der Waals surface area contributed by atoms with Crippen LogP contribution in [0.1, 0.15) is 31.6 Å². The third-order valence-electron chi connectivity index (χ3n) is 3.69. The second-order valence-electron chi connectivity index (χ2n) is 5.82. The summed E-state index contributed by atoms with van der Waals surface area (Å²) in [7, 11) is 0. The van der Waals surface area contributed by atoms with E-state index in [-0.39, 0.29) is 5.41 Å². The van der Waals surface area contributed by atoms with Crippen molar-refractivity contribution in [1.29, 1.82) is 0 Å². The molecular formula is C13H21BrN2S. The van der Waals surface area contributed by atoms with Crippen LogP contribution in [0.4, 0.5) is 0 Å². The normalized spacial score (nSPS) is 18.4. The number of hydrogen-bond acceptors (Lipinski definition) is 3. The number of halogens is 1. The molecule has 1 aromatic rings. The van der Waals surface area contributed by atoms with Gasteiger partial charge in [-0.15, -0.1) is 11.3 Å². The lowest BCUT2D eigenvalue weighted by atomic mass is 9.91. The average molecular weight is 317 g/mol. The van der Waals surface area contributed by atoms with E-state index in [1.54, 1.807) is 0 Å². The molecule has 4 heteroatoms. The molecule has 0 aromatic carbocycles. The molecule has 1 heterocycles. The zero-order valence-corrected chi connectivity index (χ0v) is 13.0. The van der Waals surface area contributed by atoms with Gasteiger partial charge >= 0.3 is 0 Å². The summed E-state index contributed by atoms with van der Waals surface area (Å²) in [5.41, 5.74) is 6.41. The van der Waals surface area contributed by atoms with E-state index >= 15 is 0 Å². The van der Waals surface area contributed by atoms with Gasteiger partial charge in [-0.1, -0.05) is 13.8 Å². The number of nitrogens with two attached hydrogens (primary N) is 1. The van der Waals surface area contributed by atoms with E-state index in [0.717, 1.165) is 19.6 Å². The lowest BCUT2D eigenvalue weighted by Gasteiger charge is -2.25. The maximum atomic E-state index is 5.79. The smallest absolute Gasteiger partial charge is 0.0285 e. The number of thiophene rings is 1. The molecule has 2 rings (SSSR count). The standard InChI is InChI=1S/C13H21BrN2S/c1-12(2,11-5-10(14)6-17-11)8-16-9-13(7-15)3-4-13/h5-6,16H,3-4,7-9,15H2,1-2H3. The summed E-state index contributed by atoms with van der Waals surface area (Å²) in [5.74, 6) is 0. The molecule has 1 fully saturated rings. The Balaban J connectivity index is 1.85. The van der Waals surface area contributed by atoms with Gasteiger partial charge in [0, 0.05) is 33.2 Å². The molecule has 1 saturated carbocycles. The Labute approximate surface area is 116 Å². The molecule has 1 aliphatic carbocycles. The number of hydrogen-bond donors (Lipinski definition) is 2. The zero-order chi connectivity index (χ0) is 12.5. The first kappa shape index (κ1) is 13.5. The predicted octanol–water partition coefficient (Wildman–Crippen LogP) is 3.12. The average Bonchev–Trinajstić information content (AvgIpc) is 2.92. The minimum atomic E-state index is 0.196. The fraction of sp³-hybridized carbons (Fsp3) is 0.692. The van der Waals surface area contributed by atoms with Gasteiger partial charge in [0.1, 0.15) is 0 Å². The van der Waals surface area contributed by atoms with Crippen LogP contribution in [0.15, 0.2) is 15.9 Å². The fourth-order valence-corrected chi connectivity index (χ4v) is 3.58. The van der Waals surface area contributed by atoms with E-state index in [1.165, 1.54) is 22.2 Å². The van der Waals surface area contributed by atoms with Gasteiger partial charge in [0.15, 0.2) is 0 Å². The number of nitrogens with one attached hydrogen (secondary N) is 1. The van der Waals surface area contributed by atoms with Crippen LogP contribution in [0.3, 0.4) is 0 Å². The maximum Gasteiger partial charge on any atom is 0.0285 e. The molecule has 2 nitrogen and oxygen atoms in total. The van der Waals surface area contributed by atoms with E-state index in [4.69, 9.17) is 5.73 Å². The predicted molar refractivity (Wildman–Crippen MR) is 78.6 cm³/mol. The van der Waals surface area contributed by atoms with Gasteiger partial charge in [-0.3, -0.25) is 0 Å². The Morgan fingerprint density at radius 2 is 2.24 bits per heavy atom. The molecule has 0 unspecified atom stereocenters. The molecule has 3 N–H and O–H groups in total. The molecule has 1 aromatic heterocycles. The highest BCUT2D eigenvalue weighted by Gasteiger charge is 2.40. The summed E-state index contributed by atoms with van der Waals surface area (Å²) < 4.78 is 1.19. The SMILES string of the molecule is CC(C)(CNCC1(CN)CC1)c1cc(Br)cs1. The molecular weight excluding hydrogens is 296 g/mol. The zero-order valence-electron chi connectivity index (χ0n) is 10.6. The number of rotatable bonds is 6.